The summed E-state index contributed by atoms with van der Waals surface area (Å²) in [5.74, 6) is -2.50. The molecule has 0 fully saturated rings. The average Bonchev–Trinajstić information content (AvgIpc) is 2.64. The van der Waals surface area contributed by atoms with Crippen LogP contribution < -0.4 is 5.32 Å². The lowest BCUT2D eigenvalue weighted by Crippen LogP contribution is -2.13. The Balaban J connectivity index is 1.69. The number of ether oxygens (including phenoxy) is 1. The Morgan fingerprint density at radius 1 is 0.885 bits per heavy atom. The van der Waals surface area contributed by atoms with Gasteiger partial charge in [-0.25, -0.2) is 9.59 Å². The van der Waals surface area contributed by atoms with Crippen molar-refractivity contribution in [1.82, 2.24) is 0 Å². The molecule has 0 spiro atoms. The summed E-state index contributed by atoms with van der Waals surface area (Å²) in [5.41, 5.74) is 1.06. The first-order valence-corrected chi connectivity index (χ1v) is 8.54. The zero-order valence-electron chi connectivity index (χ0n) is 14.5. The van der Waals surface area contributed by atoms with Gasteiger partial charge in [-0.15, -0.1) is 0 Å². The largest absolute Gasteiger partial charge is 0.478 e. The van der Waals surface area contributed by atoms with Crippen LogP contribution in [0.5, 0.6) is 0 Å². The fourth-order valence-corrected chi connectivity index (χ4v) is 2.60. The van der Waals surface area contributed by atoms with Crippen LogP contribution in [0.15, 0.2) is 48.5 Å². The van der Waals surface area contributed by atoms with Crippen molar-refractivity contribution in [1.29, 1.82) is 0 Å². The van der Waals surface area contributed by atoms with Crippen LogP contribution in [0.3, 0.4) is 0 Å². The molecule has 0 saturated carbocycles. The molecule has 0 bridgehead atoms. The number of hydrogen-bond donors (Lipinski definition) is 3. The first-order chi connectivity index (χ1) is 12.6. The first-order valence-electron chi connectivity index (χ1n) is 8.54. The Morgan fingerprint density at radius 3 is 2.35 bits per heavy atom. The van der Waals surface area contributed by atoms with Gasteiger partial charge in [0.25, 0.3) is 0 Å². The van der Waals surface area contributed by atoms with Crippen LogP contribution in [0.2, 0.25) is 0 Å². The third-order valence-corrected chi connectivity index (χ3v) is 3.90. The normalized spacial score (nSPS) is 10.5. The van der Waals surface area contributed by atoms with E-state index in [0.29, 0.717) is 25.4 Å². The van der Waals surface area contributed by atoms with Crippen molar-refractivity contribution < 1.29 is 24.5 Å². The molecule has 138 valence electrons. The molecule has 0 radical (unpaired) electrons. The topological polar surface area (TPSA) is 95.9 Å². The molecule has 3 N–H and O–H groups in total. The van der Waals surface area contributed by atoms with E-state index in [9.17, 15) is 14.7 Å². The van der Waals surface area contributed by atoms with E-state index in [0.717, 1.165) is 24.8 Å². The van der Waals surface area contributed by atoms with Gasteiger partial charge >= 0.3 is 11.9 Å². The molecule has 26 heavy (non-hydrogen) atoms. The van der Waals surface area contributed by atoms with Gasteiger partial charge in [-0.3, -0.25) is 0 Å². The Hall–Kier alpha value is -2.86. The molecule has 0 unspecified atom stereocenters. The van der Waals surface area contributed by atoms with Crippen LogP contribution in [-0.2, 0) is 11.3 Å². The minimum atomic E-state index is -1.25. The molecule has 2 aromatic rings. The Kier molecular flexibility index (Phi) is 7.64. The molecule has 0 heterocycles. The predicted octanol–water partition coefficient (Wildman–Crippen LogP) is 3.88. The molecule has 0 aliphatic heterocycles. The molecule has 0 aromatic heterocycles. The maximum Gasteiger partial charge on any atom is 0.338 e. The lowest BCUT2D eigenvalue weighted by atomic mass is 10.1. The van der Waals surface area contributed by atoms with E-state index in [1.807, 2.05) is 30.3 Å². The van der Waals surface area contributed by atoms with Gasteiger partial charge in [-0.05, 0) is 37.0 Å². The van der Waals surface area contributed by atoms with Gasteiger partial charge in [-0.1, -0.05) is 36.4 Å². The van der Waals surface area contributed by atoms with Crippen LogP contribution in [0.25, 0.3) is 0 Å². The number of nitrogens with one attached hydrogen (secondary N) is 1. The van der Waals surface area contributed by atoms with Crippen molar-refractivity contribution in [2.75, 3.05) is 18.5 Å². The van der Waals surface area contributed by atoms with E-state index in [-0.39, 0.29) is 11.1 Å². The molecular weight excluding hydrogens is 334 g/mol. The van der Waals surface area contributed by atoms with Crippen LogP contribution >= 0.6 is 0 Å². The molecule has 6 nitrogen and oxygen atoms in total. The third kappa shape index (κ3) is 5.89. The number of benzene rings is 2. The summed E-state index contributed by atoms with van der Waals surface area (Å²) in [7, 11) is 0. The summed E-state index contributed by atoms with van der Waals surface area (Å²) in [6, 6.07) is 14.4. The van der Waals surface area contributed by atoms with E-state index in [1.54, 1.807) is 6.07 Å². The van der Waals surface area contributed by atoms with Gasteiger partial charge < -0.3 is 20.3 Å². The van der Waals surface area contributed by atoms with Crippen LogP contribution in [0.4, 0.5) is 5.69 Å². The molecule has 2 aromatic carbocycles. The summed E-state index contributed by atoms with van der Waals surface area (Å²) in [5, 5.41) is 21.4. The fraction of sp³-hybridized carbons (Fsp3) is 0.300. The second-order valence-corrected chi connectivity index (χ2v) is 5.86. The molecule has 2 rings (SSSR count). The summed E-state index contributed by atoms with van der Waals surface area (Å²) < 4.78 is 5.61. The van der Waals surface area contributed by atoms with Gasteiger partial charge in [0.2, 0.25) is 0 Å². The number of unbranched alkanes of at least 4 members (excludes halogenated alkanes) is 2. The van der Waals surface area contributed by atoms with Gasteiger partial charge in [0.1, 0.15) is 0 Å². The van der Waals surface area contributed by atoms with Crippen molar-refractivity contribution in [3.8, 4) is 0 Å². The number of anilines is 1. The zero-order valence-corrected chi connectivity index (χ0v) is 14.5. The molecular formula is C20H23NO5. The van der Waals surface area contributed by atoms with E-state index in [1.165, 1.54) is 12.1 Å². The number of carboxylic acids is 2. The van der Waals surface area contributed by atoms with Crippen LogP contribution in [0.1, 0.15) is 45.5 Å². The maximum absolute atomic E-state index is 11.4. The van der Waals surface area contributed by atoms with E-state index in [2.05, 4.69) is 5.32 Å². The van der Waals surface area contributed by atoms with E-state index in [4.69, 9.17) is 9.84 Å². The third-order valence-electron chi connectivity index (χ3n) is 3.90. The average molecular weight is 357 g/mol. The Morgan fingerprint density at radius 2 is 1.65 bits per heavy atom. The number of carboxylic acid groups (broad SMARTS) is 2. The highest BCUT2D eigenvalue weighted by molar-refractivity contribution is 6.05. The highest BCUT2D eigenvalue weighted by atomic mass is 16.5. The molecule has 0 aliphatic rings. The predicted molar refractivity (Wildman–Crippen MR) is 98.8 cm³/mol. The van der Waals surface area contributed by atoms with Crippen LogP contribution in [-0.4, -0.2) is 35.3 Å². The minimum absolute atomic E-state index is 0.203. The number of rotatable bonds is 11. The van der Waals surface area contributed by atoms with Crippen molar-refractivity contribution in [2.24, 2.45) is 0 Å². The number of hydrogen-bond acceptors (Lipinski definition) is 4. The standard InChI is InChI=1S/C20H23NO5/c22-19(23)16-10-7-11-17(18(16)20(24)25)21-12-5-2-6-13-26-14-15-8-3-1-4-9-15/h1,3-4,7-11,21H,2,5-6,12-14H2,(H,22,23)(H,24,25). The molecule has 0 amide bonds. The lowest BCUT2D eigenvalue weighted by Gasteiger charge is -2.11. The highest BCUT2D eigenvalue weighted by Crippen LogP contribution is 2.20. The summed E-state index contributed by atoms with van der Waals surface area (Å²) in [6.45, 7) is 1.84. The van der Waals surface area contributed by atoms with Crippen LogP contribution in [0, 0.1) is 0 Å². The summed E-state index contributed by atoms with van der Waals surface area (Å²) in [6.07, 6.45) is 2.68. The second-order valence-electron chi connectivity index (χ2n) is 5.86. The first kappa shape index (κ1) is 19.5. The Labute approximate surface area is 152 Å². The van der Waals surface area contributed by atoms with Crippen molar-refractivity contribution in [3.05, 3.63) is 65.2 Å². The van der Waals surface area contributed by atoms with Crippen molar-refractivity contribution in [2.45, 2.75) is 25.9 Å². The lowest BCUT2D eigenvalue weighted by molar-refractivity contribution is 0.0652. The van der Waals surface area contributed by atoms with E-state index >= 15 is 0 Å². The van der Waals surface area contributed by atoms with Gasteiger partial charge in [0.15, 0.2) is 0 Å². The quantitative estimate of drug-likeness (QED) is 0.528. The summed E-state index contributed by atoms with van der Waals surface area (Å²) >= 11 is 0. The Bertz CT molecular complexity index is 730. The molecule has 0 aliphatic carbocycles. The minimum Gasteiger partial charge on any atom is -0.478 e. The second kappa shape index (κ2) is 10.2. The number of carbonyl (C=O) groups is 2. The zero-order chi connectivity index (χ0) is 18.8. The molecule has 0 saturated heterocycles. The summed E-state index contributed by atoms with van der Waals surface area (Å²) in [4.78, 5) is 22.5. The van der Waals surface area contributed by atoms with Gasteiger partial charge in [-0.2, -0.15) is 0 Å². The molecule has 6 heteroatoms. The highest BCUT2D eigenvalue weighted by Gasteiger charge is 2.19. The monoisotopic (exact) mass is 357 g/mol. The van der Waals surface area contributed by atoms with Crippen molar-refractivity contribution >= 4 is 17.6 Å². The van der Waals surface area contributed by atoms with Gasteiger partial charge in [0, 0.05) is 18.8 Å². The van der Waals surface area contributed by atoms with E-state index < -0.39 is 11.9 Å². The maximum atomic E-state index is 11.4. The van der Waals surface area contributed by atoms with Crippen molar-refractivity contribution in [3.63, 3.8) is 0 Å². The smallest absolute Gasteiger partial charge is 0.338 e. The fourth-order valence-electron chi connectivity index (χ4n) is 2.60. The molecule has 0 atom stereocenters. The number of aromatic carboxylic acids is 2. The van der Waals surface area contributed by atoms with Gasteiger partial charge in [0.05, 0.1) is 17.7 Å². The SMILES string of the molecule is O=C(O)c1cccc(NCCCCCOCc2ccccc2)c1C(=O)O.